The second kappa shape index (κ2) is 7.04. The molecular weight excluding hydrogens is 236 g/mol. The largest absolute Gasteiger partial charge is 0.383 e. The van der Waals surface area contributed by atoms with Gasteiger partial charge < -0.3 is 10.5 Å². The molecule has 0 radical (unpaired) electrons. The maximum Gasteiger partial charge on any atom is 0.0659 e. The quantitative estimate of drug-likeness (QED) is 0.885. The third-order valence-corrected chi connectivity index (χ3v) is 4.20. The predicted molar refractivity (Wildman–Crippen MR) is 79.0 cm³/mol. The zero-order chi connectivity index (χ0) is 13.7. The second-order valence-corrected chi connectivity index (χ2v) is 5.64. The van der Waals surface area contributed by atoms with E-state index in [0.29, 0.717) is 12.1 Å². The first kappa shape index (κ1) is 14.5. The summed E-state index contributed by atoms with van der Waals surface area (Å²) in [6.45, 7) is 4.91. The van der Waals surface area contributed by atoms with E-state index >= 15 is 0 Å². The summed E-state index contributed by atoms with van der Waals surface area (Å²) in [5, 5.41) is 0. The van der Waals surface area contributed by atoms with Crippen LogP contribution in [-0.2, 0) is 4.74 Å². The van der Waals surface area contributed by atoms with E-state index in [9.17, 15) is 0 Å². The number of nitrogens with two attached hydrogens (primary N) is 1. The summed E-state index contributed by atoms with van der Waals surface area (Å²) < 4.78 is 5.45. The first-order valence-electron chi connectivity index (χ1n) is 7.26. The molecule has 1 aromatic carbocycles. The van der Waals surface area contributed by atoms with Crippen LogP contribution in [0.15, 0.2) is 30.3 Å². The lowest BCUT2D eigenvalue weighted by Gasteiger charge is -2.42. The molecular formula is C16H26N2O. The zero-order valence-electron chi connectivity index (χ0n) is 12.1. The van der Waals surface area contributed by atoms with Crippen LogP contribution in [0.5, 0.6) is 0 Å². The molecule has 0 bridgehead atoms. The van der Waals surface area contributed by atoms with Crippen molar-refractivity contribution in [2.24, 2.45) is 11.7 Å². The summed E-state index contributed by atoms with van der Waals surface area (Å²) in [6, 6.07) is 11.4. The smallest absolute Gasteiger partial charge is 0.0659 e. The number of likely N-dealkylation sites (tertiary alicyclic amines) is 1. The van der Waals surface area contributed by atoms with Gasteiger partial charge in [0.2, 0.25) is 0 Å². The van der Waals surface area contributed by atoms with Gasteiger partial charge in [0.1, 0.15) is 0 Å². The summed E-state index contributed by atoms with van der Waals surface area (Å²) in [5.74, 6) is 0.781. The molecule has 2 rings (SSSR count). The fraction of sp³-hybridized carbons (Fsp3) is 0.625. The number of benzene rings is 1. The minimum atomic E-state index is 0.326. The SMILES string of the molecule is COCC(c1ccccc1)N1CCC(C)CC1CN. The maximum absolute atomic E-state index is 5.99. The molecule has 106 valence electrons. The molecule has 0 aliphatic carbocycles. The Balaban J connectivity index is 2.18. The third-order valence-electron chi connectivity index (χ3n) is 4.20. The Morgan fingerprint density at radius 1 is 1.37 bits per heavy atom. The molecule has 3 nitrogen and oxygen atoms in total. The highest BCUT2D eigenvalue weighted by atomic mass is 16.5. The van der Waals surface area contributed by atoms with Gasteiger partial charge in [0.15, 0.2) is 0 Å². The van der Waals surface area contributed by atoms with Crippen molar-refractivity contribution in [1.82, 2.24) is 4.90 Å². The molecule has 19 heavy (non-hydrogen) atoms. The van der Waals surface area contributed by atoms with E-state index in [2.05, 4.69) is 42.2 Å². The minimum absolute atomic E-state index is 0.326. The molecule has 3 heteroatoms. The standard InChI is InChI=1S/C16H26N2O/c1-13-8-9-18(15(10-13)11-17)16(12-19-2)14-6-4-3-5-7-14/h3-7,13,15-16H,8-12,17H2,1-2H3. The van der Waals surface area contributed by atoms with Crippen molar-refractivity contribution >= 4 is 0 Å². The first-order chi connectivity index (χ1) is 9.26. The van der Waals surface area contributed by atoms with Crippen molar-refractivity contribution in [2.45, 2.75) is 31.8 Å². The lowest BCUT2D eigenvalue weighted by molar-refractivity contribution is 0.0295. The van der Waals surface area contributed by atoms with E-state index in [1.54, 1.807) is 7.11 Å². The Kier molecular flexibility index (Phi) is 5.37. The molecule has 1 heterocycles. The lowest BCUT2D eigenvalue weighted by Crippen LogP contribution is -2.48. The molecule has 3 unspecified atom stereocenters. The average molecular weight is 262 g/mol. The highest BCUT2D eigenvalue weighted by Gasteiger charge is 2.31. The van der Waals surface area contributed by atoms with Crippen molar-refractivity contribution in [3.8, 4) is 0 Å². The van der Waals surface area contributed by atoms with Gasteiger partial charge in [0.25, 0.3) is 0 Å². The Morgan fingerprint density at radius 3 is 2.74 bits per heavy atom. The topological polar surface area (TPSA) is 38.5 Å². The van der Waals surface area contributed by atoms with Gasteiger partial charge in [-0.3, -0.25) is 4.90 Å². The van der Waals surface area contributed by atoms with E-state index in [0.717, 1.165) is 25.6 Å². The molecule has 2 N–H and O–H groups in total. The number of ether oxygens (including phenoxy) is 1. The molecule has 1 aromatic rings. The Morgan fingerprint density at radius 2 is 2.11 bits per heavy atom. The molecule has 1 fully saturated rings. The summed E-state index contributed by atoms with van der Waals surface area (Å²) in [4.78, 5) is 2.54. The van der Waals surface area contributed by atoms with Crippen molar-refractivity contribution in [3.05, 3.63) is 35.9 Å². The predicted octanol–water partition coefficient (Wildman–Crippen LogP) is 2.43. The van der Waals surface area contributed by atoms with E-state index in [4.69, 9.17) is 10.5 Å². The molecule has 1 aliphatic heterocycles. The van der Waals surface area contributed by atoms with Gasteiger partial charge >= 0.3 is 0 Å². The molecule has 0 aromatic heterocycles. The van der Waals surface area contributed by atoms with Crippen LogP contribution in [0.1, 0.15) is 31.4 Å². The molecule has 0 saturated carbocycles. The zero-order valence-corrected chi connectivity index (χ0v) is 12.1. The molecule has 3 atom stereocenters. The number of hydrogen-bond acceptors (Lipinski definition) is 3. The van der Waals surface area contributed by atoms with Gasteiger partial charge in [-0.25, -0.2) is 0 Å². The van der Waals surface area contributed by atoms with Crippen LogP contribution < -0.4 is 5.73 Å². The number of nitrogens with zero attached hydrogens (tertiary/aromatic N) is 1. The first-order valence-corrected chi connectivity index (χ1v) is 7.26. The molecule has 0 spiro atoms. The van der Waals surface area contributed by atoms with Gasteiger partial charge in [-0.15, -0.1) is 0 Å². The van der Waals surface area contributed by atoms with E-state index < -0.39 is 0 Å². The molecule has 1 saturated heterocycles. The summed E-state index contributed by atoms with van der Waals surface area (Å²) in [5.41, 5.74) is 7.32. The van der Waals surface area contributed by atoms with Gasteiger partial charge in [-0.1, -0.05) is 37.3 Å². The lowest BCUT2D eigenvalue weighted by atomic mass is 9.90. The Bertz CT molecular complexity index is 368. The normalized spacial score (nSPS) is 26.3. The van der Waals surface area contributed by atoms with E-state index in [-0.39, 0.29) is 0 Å². The van der Waals surface area contributed by atoms with Crippen LogP contribution in [0.3, 0.4) is 0 Å². The highest BCUT2D eigenvalue weighted by Crippen LogP contribution is 2.30. The molecule has 1 aliphatic rings. The second-order valence-electron chi connectivity index (χ2n) is 5.64. The number of hydrogen-bond donors (Lipinski definition) is 1. The summed E-state index contributed by atoms with van der Waals surface area (Å²) in [6.07, 6.45) is 2.45. The molecule has 0 amide bonds. The van der Waals surface area contributed by atoms with E-state index in [1.165, 1.54) is 18.4 Å². The van der Waals surface area contributed by atoms with E-state index in [1.807, 2.05) is 0 Å². The fourth-order valence-electron chi connectivity index (χ4n) is 3.13. The van der Waals surface area contributed by atoms with Crippen molar-refractivity contribution < 1.29 is 4.74 Å². The Hall–Kier alpha value is -0.900. The summed E-state index contributed by atoms with van der Waals surface area (Å²) >= 11 is 0. The van der Waals surface area contributed by atoms with Crippen molar-refractivity contribution in [3.63, 3.8) is 0 Å². The average Bonchev–Trinajstić information content (AvgIpc) is 2.46. The van der Waals surface area contributed by atoms with Crippen LogP contribution in [0.4, 0.5) is 0 Å². The van der Waals surface area contributed by atoms with Crippen LogP contribution in [0.25, 0.3) is 0 Å². The minimum Gasteiger partial charge on any atom is -0.383 e. The maximum atomic E-state index is 5.99. The number of rotatable bonds is 5. The fourth-order valence-corrected chi connectivity index (χ4v) is 3.13. The summed E-state index contributed by atoms with van der Waals surface area (Å²) in [7, 11) is 1.78. The van der Waals surface area contributed by atoms with Crippen molar-refractivity contribution in [1.29, 1.82) is 0 Å². The van der Waals surface area contributed by atoms with Crippen LogP contribution in [0, 0.1) is 5.92 Å². The van der Waals surface area contributed by atoms with Crippen molar-refractivity contribution in [2.75, 3.05) is 26.8 Å². The van der Waals surface area contributed by atoms with Crippen LogP contribution in [0.2, 0.25) is 0 Å². The number of methoxy groups -OCH3 is 1. The third kappa shape index (κ3) is 3.56. The van der Waals surface area contributed by atoms with Gasteiger partial charge in [-0.2, -0.15) is 0 Å². The van der Waals surface area contributed by atoms with Crippen LogP contribution >= 0.6 is 0 Å². The Labute approximate surface area is 116 Å². The van der Waals surface area contributed by atoms with Gasteiger partial charge in [0, 0.05) is 19.7 Å². The van der Waals surface area contributed by atoms with Gasteiger partial charge in [0.05, 0.1) is 12.6 Å². The van der Waals surface area contributed by atoms with Crippen LogP contribution in [-0.4, -0.2) is 37.7 Å². The monoisotopic (exact) mass is 262 g/mol. The number of piperidine rings is 1. The highest BCUT2D eigenvalue weighted by molar-refractivity contribution is 5.19. The van der Waals surface area contributed by atoms with Gasteiger partial charge in [-0.05, 0) is 30.9 Å².